The van der Waals surface area contributed by atoms with E-state index in [2.05, 4.69) is 23.8 Å². The molecule has 0 spiro atoms. The summed E-state index contributed by atoms with van der Waals surface area (Å²) in [6, 6.07) is 0. The number of nitrogens with one attached hydrogen (secondary N) is 1. The van der Waals surface area contributed by atoms with Crippen LogP contribution < -0.4 is 5.32 Å². The molecule has 0 bridgehead atoms. The molecule has 1 saturated heterocycles. The van der Waals surface area contributed by atoms with Gasteiger partial charge in [-0.25, -0.2) is 0 Å². The van der Waals surface area contributed by atoms with Gasteiger partial charge in [-0.3, -0.25) is 9.69 Å². The fourth-order valence-corrected chi connectivity index (χ4v) is 1.87. The first-order valence-corrected chi connectivity index (χ1v) is 5.45. The van der Waals surface area contributed by atoms with E-state index in [4.69, 9.17) is 0 Å². The van der Waals surface area contributed by atoms with Gasteiger partial charge in [0.1, 0.15) is 0 Å². The van der Waals surface area contributed by atoms with Crippen LogP contribution in [0, 0.1) is 0 Å². The van der Waals surface area contributed by atoms with Crippen LogP contribution in [0.4, 0.5) is 0 Å². The lowest BCUT2D eigenvalue weighted by Gasteiger charge is -2.40. The summed E-state index contributed by atoms with van der Waals surface area (Å²) < 4.78 is 0. The lowest BCUT2D eigenvalue weighted by Crippen LogP contribution is -2.59. The molecule has 1 fully saturated rings. The van der Waals surface area contributed by atoms with Gasteiger partial charge < -0.3 is 10.2 Å². The highest BCUT2D eigenvalue weighted by Gasteiger charge is 2.27. The SMILES string of the molecule is C=C(C)C(=O)N(CC)C1CNCCN1C. The largest absolute Gasteiger partial charge is 0.322 e. The third-order valence-electron chi connectivity index (χ3n) is 2.80. The highest BCUT2D eigenvalue weighted by Crippen LogP contribution is 2.09. The lowest BCUT2D eigenvalue weighted by atomic mass is 10.2. The van der Waals surface area contributed by atoms with Gasteiger partial charge in [-0.15, -0.1) is 0 Å². The average Bonchev–Trinajstić information content (AvgIpc) is 2.21. The molecule has 1 atom stereocenters. The molecule has 0 aliphatic carbocycles. The first-order chi connectivity index (χ1) is 7.07. The van der Waals surface area contributed by atoms with Crippen molar-refractivity contribution in [3.05, 3.63) is 12.2 Å². The Morgan fingerprint density at radius 3 is 2.80 bits per heavy atom. The predicted molar refractivity (Wildman–Crippen MR) is 61.5 cm³/mol. The Kier molecular flexibility index (Phi) is 4.29. The third-order valence-corrected chi connectivity index (χ3v) is 2.80. The Hall–Kier alpha value is -0.870. The molecule has 1 rings (SSSR count). The number of carbonyl (C=O) groups is 1. The van der Waals surface area contributed by atoms with E-state index in [9.17, 15) is 4.79 Å². The van der Waals surface area contributed by atoms with Crippen LogP contribution in [0.3, 0.4) is 0 Å². The molecule has 4 heteroatoms. The van der Waals surface area contributed by atoms with Crippen LogP contribution in [0.25, 0.3) is 0 Å². The van der Waals surface area contributed by atoms with Gasteiger partial charge in [0.15, 0.2) is 0 Å². The van der Waals surface area contributed by atoms with Crippen molar-refractivity contribution in [2.24, 2.45) is 0 Å². The summed E-state index contributed by atoms with van der Waals surface area (Å²) in [5.74, 6) is 0.0538. The number of hydrogen-bond donors (Lipinski definition) is 1. The van der Waals surface area contributed by atoms with Crippen LogP contribution in [0.5, 0.6) is 0 Å². The van der Waals surface area contributed by atoms with E-state index in [-0.39, 0.29) is 12.1 Å². The van der Waals surface area contributed by atoms with Gasteiger partial charge in [-0.2, -0.15) is 0 Å². The first-order valence-electron chi connectivity index (χ1n) is 5.45. The molecule has 0 aromatic carbocycles. The second kappa shape index (κ2) is 5.28. The summed E-state index contributed by atoms with van der Waals surface area (Å²) in [7, 11) is 2.06. The molecule has 0 radical (unpaired) electrons. The Morgan fingerprint density at radius 2 is 2.33 bits per heavy atom. The minimum Gasteiger partial charge on any atom is -0.322 e. The van der Waals surface area contributed by atoms with E-state index in [1.807, 2.05) is 11.8 Å². The van der Waals surface area contributed by atoms with Gasteiger partial charge >= 0.3 is 0 Å². The molecule has 1 aliphatic rings. The normalized spacial score (nSPS) is 22.5. The summed E-state index contributed by atoms with van der Waals surface area (Å²) in [4.78, 5) is 16.0. The van der Waals surface area contributed by atoms with E-state index >= 15 is 0 Å². The van der Waals surface area contributed by atoms with Crippen LogP contribution in [0.1, 0.15) is 13.8 Å². The molecule has 1 N–H and O–H groups in total. The van der Waals surface area contributed by atoms with Crippen molar-refractivity contribution in [1.29, 1.82) is 0 Å². The Morgan fingerprint density at radius 1 is 1.67 bits per heavy atom. The Bertz CT molecular complexity index is 252. The molecular formula is C11H21N3O. The average molecular weight is 211 g/mol. The van der Waals surface area contributed by atoms with Gasteiger partial charge in [0.05, 0.1) is 6.17 Å². The van der Waals surface area contributed by atoms with Crippen LogP contribution in [-0.2, 0) is 4.79 Å². The zero-order chi connectivity index (χ0) is 11.4. The maximum absolute atomic E-state index is 11.9. The minimum absolute atomic E-state index is 0.0538. The van der Waals surface area contributed by atoms with E-state index in [0.717, 1.165) is 26.2 Å². The molecule has 1 heterocycles. The van der Waals surface area contributed by atoms with E-state index in [1.165, 1.54) is 0 Å². The number of carbonyl (C=O) groups excluding carboxylic acids is 1. The van der Waals surface area contributed by atoms with Crippen molar-refractivity contribution < 1.29 is 4.79 Å². The topological polar surface area (TPSA) is 35.6 Å². The molecule has 0 aromatic heterocycles. The van der Waals surface area contributed by atoms with E-state index in [1.54, 1.807) is 6.92 Å². The van der Waals surface area contributed by atoms with Gasteiger partial charge in [-0.1, -0.05) is 6.58 Å². The fourth-order valence-electron chi connectivity index (χ4n) is 1.87. The van der Waals surface area contributed by atoms with Crippen molar-refractivity contribution >= 4 is 5.91 Å². The fraction of sp³-hybridized carbons (Fsp3) is 0.727. The number of piperazine rings is 1. The number of hydrogen-bond acceptors (Lipinski definition) is 3. The second-order valence-corrected chi connectivity index (χ2v) is 4.04. The predicted octanol–water partition coefficient (Wildman–Crippen LogP) is 0.272. The Labute approximate surface area is 91.9 Å². The second-order valence-electron chi connectivity index (χ2n) is 4.04. The van der Waals surface area contributed by atoms with Crippen LogP contribution >= 0.6 is 0 Å². The summed E-state index contributed by atoms with van der Waals surface area (Å²) in [6.07, 6.45) is 0.160. The number of likely N-dealkylation sites (N-methyl/N-ethyl adjacent to an activating group) is 2. The molecule has 1 unspecified atom stereocenters. The minimum atomic E-state index is 0.0538. The van der Waals surface area contributed by atoms with E-state index < -0.39 is 0 Å². The zero-order valence-corrected chi connectivity index (χ0v) is 9.92. The molecular weight excluding hydrogens is 190 g/mol. The Balaban J connectivity index is 2.72. The summed E-state index contributed by atoms with van der Waals surface area (Å²) in [6.45, 7) is 11.0. The van der Waals surface area contributed by atoms with Gasteiger partial charge in [-0.05, 0) is 20.9 Å². The summed E-state index contributed by atoms with van der Waals surface area (Å²) >= 11 is 0. The monoisotopic (exact) mass is 211 g/mol. The molecule has 0 saturated carbocycles. The molecule has 0 aromatic rings. The number of amides is 1. The molecule has 4 nitrogen and oxygen atoms in total. The molecule has 86 valence electrons. The standard InChI is InChI=1S/C11H21N3O/c1-5-14(11(15)9(2)3)10-8-12-6-7-13(10)4/h10,12H,2,5-8H2,1,3-4H3. The van der Waals surface area contributed by atoms with Crippen molar-refractivity contribution in [2.45, 2.75) is 20.0 Å². The zero-order valence-electron chi connectivity index (χ0n) is 9.92. The van der Waals surface area contributed by atoms with E-state index in [0.29, 0.717) is 5.57 Å². The van der Waals surface area contributed by atoms with Crippen molar-refractivity contribution in [3.63, 3.8) is 0 Å². The van der Waals surface area contributed by atoms with Gasteiger partial charge in [0.25, 0.3) is 0 Å². The van der Waals surface area contributed by atoms with Crippen molar-refractivity contribution in [1.82, 2.24) is 15.1 Å². The third kappa shape index (κ3) is 2.79. The number of nitrogens with zero attached hydrogens (tertiary/aromatic N) is 2. The van der Waals surface area contributed by atoms with Crippen LogP contribution in [-0.4, -0.2) is 55.1 Å². The van der Waals surface area contributed by atoms with Crippen LogP contribution in [0.15, 0.2) is 12.2 Å². The quantitative estimate of drug-likeness (QED) is 0.681. The summed E-state index contributed by atoms with van der Waals surface area (Å²) in [5, 5.41) is 3.31. The first kappa shape index (κ1) is 12.2. The maximum Gasteiger partial charge on any atom is 0.250 e. The number of rotatable bonds is 3. The highest BCUT2D eigenvalue weighted by atomic mass is 16.2. The van der Waals surface area contributed by atoms with Gasteiger partial charge in [0.2, 0.25) is 5.91 Å². The smallest absolute Gasteiger partial charge is 0.250 e. The van der Waals surface area contributed by atoms with Crippen molar-refractivity contribution in [2.75, 3.05) is 33.2 Å². The van der Waals surface area contributed by atoms with Gasteiger partial charge in [0, 0.05) is 31.8 Å². The lowest BCUT2D eigenvalue weighted by molar-refractivity contribution is -0.133. The molecule has 1 aliphatic heterocycles. The molecule has 15 heavy (non-hydrogen) atoms. The van der Waals surface area contributed by atoms with Crippen molar-refractivity contribution in [3.8, 4) is 0 Å². The summed E-state index contributed by atoms with van der Waals surface area (Å²) in [5.41, 5.74) is 0.607. The molecule has 1 amide bonds. The highest BCUT2D eigenvalue weighted by molar-refractivity contribution is 5.92. The van der Waals surface area contributed by atoms with Crippen LogP contribution in [0.2, 0.25) is 0 Å². The maximum atomic E-state index is 11.9.